The van der Waals surface area contributed by atoms with Crippen LogP contribution in [0, 0.1) is 21.4 Å². The number of nitro benzene ring substituents is 1. The number of carbonyl (C=O) groups is 1. The van der Waals surface area contributed by atoms with Gasteiger partial charge in [0.15, 0.2) is 0 Å². The number of benzene rings is 2. The van der Waals surface area contributed by atoms with Gasteiger partial charge in [0.05, 0.1) is 22.5 Å². The van der Waals surface area contributed by atoms with Crippen LogP contribution in [0.2, 0.25) is 0 Å². The summed E-state index contributed by atoms with van der Waals surface area (Å²) in [7, 11) is 0. The Bertz CT molecular complexity index is 730. The van der Waals surface area contributed by atoms with E-state index in [9.17, 15) is 20.2 Å². The van der Waals surface area contributed by atoms with Crippen molar-refractivity contribution >= 4 is 11.7 Å². The molecule has 2 aromatic carbocycles. The maximum Gasteiger partial charge on any atom is 0.335 e. The highest BCUT2D eigenvalue weighted by Gasteiger charge is 2.13. The molecule has 2 aromatic rings. The van der Waals surface area contributed by atoms with Gasteiger partial charge in [-0.1, -0.05) is 24.3 Å². The first-order valence-corrected chi connectivity index (χ1v) is 6.47. The molecular formula is C16H12N2O4. The van der Waals surface area contributed by atoms with Crippen molar-refractivity contribution < 1.29 is 14.8 Å². The molecule has 6 heteroatoms. The quantitative estimate of drug-likeness (QED) is 0.674. The molecule has 0 aromatic heterocycles. The number of nitro groups is 1. The van der Waals surface area contributed by atoms with E-state index in [2.05, 4.69) is 6.07 Å². The molecule has 0 saturated heterocycles. The highest BCUT2D eigenvalue weighted by Crippen LogP contribution is 2.22. The van der Waals surface area contributed by atoms with Crippen molar-refractivity contribution in [3.63, 3.8) is 0 Å². The van der Waals surface area contributed by atoms with E-state index in [0.29, 0.717) is 12.0 Å². The molecule has 22 heavy (non-hydrogen) atoms. The van der Waals surface area contributed by atoms with Gasteiger partial charge in [0.2, 0.25) is 0 Å². The fourth-order valence-electron chi connectivity index (χ4n) is 2.09. The first-order chi connectivity index (χ1) is 10.5. The summed E-state index contributed by atoms with van der Waals surface area (Å²) in [4.78, 5) is 20.9. The van der Waals surface area contributed by atoms with Crippen LogP contribution in [0.25, 0.3) is 0 Å². The van der Waals surface area contributed by atoms with Gasteiger partial charge in [0.1, 0.15) is 0 Å². The summed E-state index contributed by atoms with van der Waals surface area (Å²) in [6, 6.07) is 14.4. The summed E-state index contributed by atoms with van der Waals surface area (Å²) in [6.45, 7) is 0. The zero-order valence-corrected chi connectivity index (χ0v) is 11.5. The number of carboxylic acids is 1. The van der Waals surface area contributed by atoms with Crippen LogP contribution >= 0.6 is 0 Å². The molecule has 1 unspecified atom stereocenters. The minimum Gasteiger partial charge on any atom is -0.478 e. The predicted molar refractivity (Wildman–Crippen MR) is 78.6 cm³/mol. The van der Waals surface area contributed by atoms with Crippen LogP contribution in [0.3, 0.4) is 0 Å². The fraction of sp³-hybridized carbons (Fsp3) is 0.125. The number of aromatic carboxylic acids is 1. The summed E-state index contributed by atoms with van der Waals surface area (Å²) < 4.78 is 0. The zero-order chi connectivity index (χ0) is 16.1. The molecule has 0 amide bonds. The van der Waals surface area contributed by atoms with Crippen LogP contribution in [0.1, 0.15) is 27.4 Å². The maximum atomic E-state index is 10.8. The van der Waals surface area contributed by atoms with Gasteiger partial charge < -0.3 is 5.11 Å². The van der Waals surface area contributed by atoms with Crippen molar-refractivity contribution in [2.75, 3.05) is 0 Å². The predicted octanol–water partition coefficient (Wildman–Crippen LogP) is 3.14. The Kier molecular flexibility index (Phi) is 4.49. The molecule has 0 spiro atoms. The normalized spacial score (nSPS) is 11.4. The third-order valence-electron chi connectivity index (χ3n) is 3.30. The number of carboxylic acid groups (broad SMARTS) is 1. The Hall–Kier alpha value is -3.20. The average Bonchev–Trinajstić information content (AvgIpc) is 2.53. The van der Waals surface area contributed by atoms with E-state index in [-0.39, 0.29) is 11.3 Å². The van der Waals surface area contributed by atoms with Crippen molar-refractivity contribution in [2.24, 2.45) is 0 Å². The van der Waals surface area contributed by atoms with Gasteiger partial charge in [-0.3, -0.25) is 10.1 Å². The molecule has 0 saturated carbocycles. The first kappa shape index (κ1) is 15.2. The van der Waals surface area contributed by atoms with Gasteiger partial charge in [-0.05, 0) is 29.7 Å². The second-order valence-electron chi connectivity index (χ2n) is 4.74. The molecule has 110 valence electrons. The Labute approximate surface area is 126 Å². The molecule has 0 aliphatic rings. The van der Waals surface area contributed by atoms with E-state index in [0.717, 1.165) is 5.56 Å². The average molecular weight is 296 g/mol. The molecule has 0 fully saturated rings. The first-order valence-electron chi connectivity index (χ1n) is 6.47. The lowest BCUT2D eigenvalue weighted by molar-refractivity contribution is -0.384. The summed E-state index contributed by atoms with van der Waals surface area (Å²) >= 11 is 0. The fourth-order valence-corrected chi connectivity index (χ4v) is 2.09. The number of non-ortho nitro benzene ring substituents is 1. The molecule has 0 aliphatic heterocycles. The standard InChI is InChI=1S/C16H12N2O4/c17-10-14(12-3-5-13(6-4-12)16(19)20)9-11-1-7-15(8-2-11)18(21)22/h1-8,14H,9H2,(H,19,20). The monoisotopic (exact) mass is 296 g/mol. The van der Waals surface area contributed by atoms with Crippen LogP contribution in [-0.2, 0) is 6.42 Å². The van der Waals surface area contributed by atoms with Gasteiger partial charge in [-0.2, -0.15) is 5.26 Å². The molecule has 0 radical (unpaired) electrons. The van der Waals surface area contributed by atoms with E-state index in [1.165, 1.54) is 24.3 Å². The smallest absolute Gasteiger partial charge is 0.335 e. The zero-order valence-electron chi connectivity index (χ0n) is 11.5. The van der Waals surface area contributed by atoms with Crippen LogP contribution in [0.15, 0.2) is 48.5 Å². The van der Waals surface area contributed by atoms with Crippen molar-refractivity contribution in [3.05, 3.63) is 75.3 Å². The summed E-state index contributed by atoms with van der Waals surface area (Å²) in [5.74, 6) is -1.46. The highest BCUT2D eigenvalue weighted by molar-refractivity contribution is 5.87. The third kappa shape index (κ3) is 3.46. The number of nitriles is 1. The third-order valence-corrected chi connectivity index (χ3v) is 3.30. The topological polar surface area (TPSA) is 104 Å². The highest BCUT2D eigenvalue weighted by atomic mass is 16.6. The number of rotatable bonds is 5. The number of nitrogens with zero attached hydrogens (tertiary/aromatic N) is 2. The van der Waals surface area contributed by atoms with Crippen molar-refractivity contribution in [2.45, 2.75) is 12.3 Å². The summed E-state index contributed by atoms with van der Waals surface area (Å²) in [6.07, 6.45) is 0.404. The molecule has 0 heterocycles. The lowest BCUT2D eigenvalue weighted by Gasteiger charge is -2.10. The molecular weight excluding hydrogens is 284 g/mol. The SMILES string of the molecule is N#CC(Cc1ccc([N+](=O)[O-])cc1)c1ccc(C(=O)O)cc1. The van der Waals surface area contributed by atoms with Gasteiger partial charge in [-0.25, -0.2) is 4.79 Å². The largest absolute Gasteiger partial charge is 0.478 e. The van der Waals surface area contributed by atoms with E-state index in [1.54, 1.807) is 24.3 Å². The Balaban J connectivity index is 2.16. The van der Waals surface area contributed by atoms with Crippen molar-refractivity contribution in [1.82, 2.24) is 0 Å². The Morgan fingerprint density at radius 2 is 1.77 bits per heavy atom. The van der Waals surface area contributed by atoms with Gasteiger partial charge in [-0.15, -0.1) is 0 Å². The van der Waals surface area contributed by atoms with Crippen LogP contribution in [0.5, 0.6) is 0 Å². The number of hydrogen-bond donors (Lipinski definition) is 1. The molecule has 0 bridgehead atoms. The summed E-state index contributed by atoms with van der Waals surface area (Å²) in [5.41, 5.74) is 1.68. The Morgan fingerprint density at radius 3 is 2.23 bits per heavy atom. The molecule has 0 aliphatic carbocycles. The second-order valence-corrected chi connectivity index (χ2v) is 4.74. The van der Waals surface area contributed by atoms with E-state index in [1.807, 2.05) is 0 Å². The van der Waals surface area contributed by atoms with E-state index in [4.69, 9.17) is 5.11 Å². The molecule has 1 atom stereocenters. The maximum absolute atomic E-state index is 10.8. The van der Waals surface area contributed by atoms with Crippen LogP contribution in [0.4, 0.5) is 5.69 Å². The molecule has 6 nitrogen and oxygen atoms in total. The minimum atomic E-state index is -1.02. The van der Waals surface area contributed by atoms with E-state index < -0.39 is 16.8 Å². The van der Waals surface area contributed by atoms with Gasteiger partial charge >= 0.3 is 5.97 Å². The lowest BCUT2D eigenvalue weighted by Crippen LogP contribution is -2.02. The van der Waals surface area contributed by atoms with E-state index >= 15 is 0 Å². The molecule has 1 N–H and O–H groups in total. The van der Waals surface area contributed by atoms with Crippen LogP contribution in [-0.4, -0.2) is 16.0 Å². The van der Waals surface area contributed by atoms with Crippen molar-refractivity contribution in [1.29, 1.82) is 5.26 Å². The van der Waals surface area contributed by atoms with Gasteiger partial charge in [0, 0.05) is 12.1 Å². The summed E-state index contributed by atoms with van der Waals surface area (Å²) in [5, 5.41) is 28.7. The van der Waals surface area contributed by atoms with Crippen LogP contribution < -0.4 is 0 Å². The minimum absolute atomic E-state index is 0.00284. The second kappa shape index (κ2) is 6.50. The molecule has 2 rings (SSSR count). The lowest BCUT2D eigenvalue weighted by atomic mass is 9.92. The number of hydrogen-bond acceptors (Lipinski definition) is 4. The Morgan fingerprint density at radius 1 is 1.18 bits per heavy atom. The van der Waals surface area contributed by atoms with Crippen molar-refractivity contribution in [3.8, 4) is 6.07 Å². The van der Waals surface area contributed by atoms with Gasteiger partial charge in [0.25, 0.3) is 5.69 Å².